The van der Waals surface area contributed by atoms with Crippen molar-refractivity contribution >= 4 is 27.8 Å². The van der Waals surface area contributed by atoms with Crippen molar-refractivity contribution in [2.24, 2.45) is 7.05 Å². The van der Waals surface area contributed by atoms with Crippen molar-refractivity contribution in [2.45, 2.75) is 32.2 Å². The number of nitrogens with one attached hydrogen (secondary N) is 1. The average molecular weight is 394 g/mol. The zero-order chi connectivity index (χ0) is 17.9. The number of carbonyl (C=O) groups is 2. The van der Waals surface area contributed by atoms with Gasteiger partial charge in [0.05, 0.1) is 12.5 Å². The lowest BCUT2D eigenvalue weighted by Gasteiger charge is -2.17. The number of aryl methyl sites for hydroxylation is 1. The van der Waals surface area contributed by atoms with Crippen molar-refractivity contribution in [2.75, 3.05) is 0 Å². The molecule has 2 N–H and O–H groups in total. The van der Waals surface area contributed by atoms with Crippen LogP contribution in [0.3, 0.4) is 0 Å². The first-order chi connectivity index (χ1) is 11.3. The van der Waals surface area contributed by atoms with Gasteiger partial charge < -0.3 is 10.4 Å². The molecule has 6 nitrogen and oxygen atoms in total. The Balaban J connectivity index is 2.22. The smallest absolute Gasteiger partial charge is 0.305 e. The fourth-order valence-electron chi connectivity index (χ4n) is 2.49. The third-order valence-electron chi connectivity index (χ3n) is 3.70. The van der Waals surface area contributed by atoms with Gasteiger partial charge >= 0.3 is 5.97 Å². The first-order valence-electron chi connectivity index (χ1n) is 7.60. The molecule has 0 radical (unpaired) electrons. The minimum Gasteiger partial charge on any atom is -0.481 e. The summed E-state index contributed by atoms with van der Waals surface area (Å²) in [4.78, 5) is 23.6. The highest BCUT2D eigenvalue weighted by Gasteiger charge is 2.21. The summed E-state index contributed by atoms with van der Waals surface area (Å²) in [6.07, 6.45) is -0.197. The van der Waals surface area contributed by atoms with Crippen LogP contribution in [0, 0.1) is 0 Å². The molecule has 1 atom stereocenters. The van der Waals surface area contributed by atoms with Crippen LogP contribution in [0.15, 0.2) is 34.8 Å². The number of aliphatic carboxylic acids is 1. The second kappa shape index (κ2) is 7.61. The zero-order valence-corrected chi connectivity index (χ0v) is 15.4. The number of amides is 1. The van der Waals surface area contributed by atoms with E-state index < -0.39 is 12.0 Å². The predicted octanol–water partition coefficient (Wildman–Crippen LogP) is 3.25. The van der Waals surface area contributed by atoms with Gasteiger partial charge in [-0.15, -0.1) is 0 Å². The van der Waals surface area contributed by atoms with E-state index >= 15 is 0 Å². The lowest BCUT2D eigenvalue weighted by Crippen LogP contribution is -2.30. The number of aromatic nitrogens is 2. The van der Waals surface area contributed by atoms with Crippen LogP contribution in [0.4, 0.5) is 0 Å². The van der Waals surface area contributed by atoms with E-state index in [1.54, 1.807) is 29.9 Å². The van der Waals surface area contributed by atoms with Crippen LogP contribution < -0.4 is 5.32 Å². The molecule has 7 heteroatoms. The van der Waals surface area contributed by atoms with Gasteiger partial charge in [0.25, 0.3) is 5.91 Å². The number of carboxylic acids is 1. The minimum absolute atomic E-state index is 0.197. The molecule has 0 bridgehead atoms. The molecule has 0 aliphatic carbocycles. The van der Waals surface area contributed by atoms with Gasteiger partial charge in [-0.3, -0.25) is 14.3 Å². The Morgan fingerprint density at radius 3 is 2.42 bits per heavy atom. The molecule has 0 spiro atoms. The number of rotatable bonds is 6. The second-order valence-corrected chi connectivity index (χ2v) is 6.82. The van der Waals surface area contributed by atoms with Crippen molar-refractivity contribution in [1.29, 1.82) is 0 Å². The van der Waals surface area contributed by atoms with E-state index in [0.29, 0.717) is 0 Å². The maximum atomic E-state index is 12.5. The fraction of sp³-hybridized carbons (Fsp3) is 0.353. The van der Waals surface area contributed by atoms with Crippen molar-refractivity contribution in [3.8, 4) is 0 Å². The molecule has 0 aliphatic heterocycles. The molecule has 0 fully saturated rings. The van der Waals surface area contributed by atoms with Crippen LogP contribution in [0.5, 0.6) is 0 Å². The van der Waals surface area contributed by atoms with E-state index in [9.17, 15) is 9.59 Å². The Morgan fingerprint density at radius 1 is 1.29 bits per heavy atom. The third kappa shape index (κ3) is 4.44. The molecule has 2 aromatic rings. The molecule has 1 unspecified atom stereocenters. The number of nitrogens with zero attached hydrogens (tertiary/aromatic N) is 2. The molecule has 0 saturated carbocycles. The van der Waals surface area contributed by atoms with Gasteiger partial charge in [-0.1, -0.05) is 41.9 Å². The number of hydrogen-bond donors (Lipinski definition) is 2. The van der Waals surface area contributed by atoms with E-state index in [1.165, 1.54) is 0 Å². The van der Waals surface area contributed by atoms with Gasteiger partial charge in [0.15, 0.2) is 0 Å². The van der Waals surface area contributed by atoms with Crippen LogP contribution in [0.2, 0.25) is 0 Å². The first-order valence-corrected chi connectivity index (χ1v) is 8.39. The molecular formula is C17H20BrN3O3. The molecule has 1 amide bonds. The van der Waals surface area contributed by atoms with Crippen LogP contribution in [0.1, 0.15) is 54.0 Å². The van der Waals surface area contributed by atoms with E-state index in [2.05, 4.69) is 26.3 Å². The Kier molecular flexibility index (Phi) is 5.77. The Bertz CT molecular complexity index is 738. The van der Waals surface area contributed by atoms with Gasteiger partial charge in [-0.2, -0.15) is 5.10 Å². The van der Waals surface area contributed by atoms with Crippen molar-refractivity contribution in [3.63, 3.8) is 0 Å². The van der Waals surface area contributed by atoms with Gasteiger partial charge in [0.2, 0.25) is 0 Å². The number of carbonyl (C=O) groups excluding carboxylic acids is 1. The van der Waals surface area contributed by atoms with Crippen LogP contribution in [-0.2, 0) is 11.8 Å². The van der Waals surface area contributed by atoms with Crippen LogP contribution >= 0.6 is 15.9 Å². The van der Waals surface area contributed by atoms with E-state index in [-0.39, 0.29) is 23.9 Å². The monoisotopic (exact) mass is 393 g/mol. The molecule has 1 aromatic carbocycles. The number of carboxylic acid groups (broad SMARTS) is 1. The summed E-state index contributed by atoms with van der Waals surface area (Å²) in [6.45, 7) is 4.04. The first kappa shape index (κ1) is 18.2. The highest BCUT2D eigenvalue weighted by atomic mass is 79.9. The molecule has 0 aliphatic rings. The molecule has 2 rings (SSSR count). The third-order valence-corrected chi connectivity index (χ3v) is 4.23. The lowest BCUT2D eigenvalue weighted by atomic mass is 10.0. The van der Waals surface area contributed by atoms with Crippen molar-refractivity contribution < 1.29 is 14.7 Å². The number of benzene rings is 1. The number of halogens is 1. The average Bonchev–Trinajstić information content (AvgIpc) is 2.89. The largest absolute Gasteiger partial charge is 0.481 e. The van der Waals surface area contributed by atoms with E-state index in [4.69, 9.17) is 5.11 Å². The molecule has 128 valence electrons. The number of hydrogen-bond acceptors (Lipinski definition) is 3. The summed E-state index contributed by atoms with van der Waals surface area (Å²) in [5.41, 5.74) is 1.96. The molecule has 1 aromatic heterocycles. The summed E-state index contributed by atoms with van der Waals surface area (Å²) in [6, 6.07) is 8.32. The quantitative estimate of drug-likeness (QED) is 0.788. The van der Waals surface area contributed by atoms with Crippen molar-refractivity contribution in [1.82, 2.24) is 15.1 Å². The molecule has 24 heavy (non-hydrogen) atoms. The van der Waals surface area contributed by atoms with Gasteiger partial charge in [0, 0.05) is 17.2 Å². The SMILES string of the molecule is CC(C)c1cc(C(=O)NC(CC(=O)O)c2ccc(Br)cc2)nn1C. The predicted molar refractivity (Wildman–Crippen MR) is 93.9 cm³/mol. The summed E-state index contributed by atoms with van der Waals surface area (Å²) in [7, 11) is 1.79. The van der Waals surface area contributed by atoms with E-state index in [1.807, 2.05) is 26.0 Å². The van der Waals surface area contributed by atoms with Gasteiger partial charge in [-0.05, 0) is 29.7 Å². The molecular weight excluding hydrogens is 374 g/mol. The standard InChI is InChI=1S/C17H20BrN3O3/c1-10(2)15-8-14(20-21(15)3)17(24)19-13(9-16(22)23)11-4-6-12(18)7-5-11/h4-8,10,13H,9H2,1-3H3,(H,19,24)(H,22,23). The summed E-state index contributed by atoms with van der Waals surface area (Å²) >= 11 is 3.34. The van der Waals surface area contributed by atoms with Crippen LogP contribution in [-0.4, -0.2) is 26.8 Å². The summed E-state index contributed by atoms with van der Waals surface area (Å²) in [5.74, 6) is -1.12. The fourth-order valence-corrected chi connectivity index (χ4v) is 2.75. The summed E-state index contributed by atoms with van der Waals surface area (Å²) < 4.78 is 2.56. The maximum absolute atomic E-state index is 12.5. The minimum atomic E-state index is -0.980. The second-order valence-electron chi connectivity index (χ2n) is 5.91. The van der Waals surface area contributed by atoms with Crippen LogP contribution in [0.25, 0.3) is 0 Å². The lowest BCUT2D eigenvalue weighted by molar-refractivity contribution is -0.137. The molecule has 1 heterocycles. The Morgan fingerprint density at radius 2 is 1.92 bits per heavy atom. The zero-order valence-electron chi connectivity index (χ0n) is 13.8. The van der Waals surface area contributed by atoms with Gasteiger partial charge in [0.1, 0.15) is 5.69 Å². The topological polar surface area (TPSA) is 84.2 Å². The normalized spacial score (nSPS) is 12.2. The highest BCUT2D eigenvalue weighted by molar-refractivity contribution is 9.10. The molecule has 0 saturated heterocycles. The van der Waals surface area contributed by atoms with Gasteiger partial charge in [-0.25, -0.2) is 0 Å². The Labute approximate surface area is 149 Å². The van der Waals surface area contributed by atoms with Crippen molar-refractivity contribution in [3.05, 3.63) is 51.8 Å². The Hall–Kier alpha value is -2.15. The van der Waals surface area contributed by atoms with E-state index in [0.717, 1.165) is 15.7 Å². The highest BCUT2D eigenvalue weighted by Crippen LogP contribution is 2.21. The summed E-state index contributed by atoms with van der Waals surface area (Å²) in [5, 5.41) is 16.1. The maximum Gasteiger partial charge on any atom is 0.305 e.